The van der Waals surface area contributed by atoms with Crippen molar-refractivity contribution < 1.29 is 0 Å². The molecule has 0 aliphatic heterocycles. The van der Waals surface area contributed by atoms with E-state index < -0.39 is 0 Å². The Labute approximate surface area is 101 Å². The van der Waals surface area contributed by atoms with E-state index in [1.54, 1.807) is 0 Å². The smallest absolute Gasteiger partial charge is 0.0478 e. The molecule has 1 aromatic carbocycles. The van der Waals surface area contributed by atoms with Crippen molar-refractivity contribution in [3.8, 4) is 0 Å². The van der Waals surface area contributed by atoms with E-state index in [-0.39, 0.29) is 0 Å². The Balaban J connectivity index is 2.33. The largest absolute Gasteiger partial charge is 0.261 e. The van der Waals surface area contributed by atoms with E-state index in [2.05, 4.69) is 30.1 Å². The molecule has 1 unspecified atom stereocenters. The Morgan fingerprint density at radius 3 is 2.44 bits per heavy atom. The number of halogens is 1. The van der Waals surface area contributed by atoms with Crippen molar-refractivity contribution in [3.05, 3.63) is 64.9 Å². The molecule has 0 aliphatic rings. The van der Waals surface area contributed by atoms with Gasteiger partial charge in [0.05, 0.1) is 0 Å². The van der Waals surface area contributed by atoms with Gasteiger partial charge in [-0.25, -0.2) is 0 Å². The van der Waals surface area contributed by atoms with E-state index in [4.69, 9.17) is 11.6 Å². The first-order chi connectivity index (χ1) is 7.81. The maximum Gasteiger partial charge on any atom is 0.0478 e. The van der Waals surface area contributed by atoms with Crippen LogP contribution in [0.15, 0.2) is 48.7 Å². The SMILES string of the molecule is CCC(c1ccc(Cl)cc1)c1ccccn1. The third-order valence-corrected chi connectivity index (χ3v) is 2.98. The van der Waals surface area contributed by atoms with Crippen LogP contribution in [0.4, 0.5) is 0 Å². The molecule has 0 N–H and O–H groups in total. The lowest BCUT2D eigenvalue weighted by atomic mass is 9.93. The molecular weight excluding hydrogens is 218 g/mol. The van der Waals surface area contributed by atoms with Crippen LogP contribution in [-0.2, 0) is 0 Å². The van der Waals surface area contributed by atoms with E-state index in [0.29, 0.717) is 5.92 Å². The van der Waals surface area contributed by atoms with Gasteiger partial charge in [-0.2, -0.15) is 0 Å². The van der Waals surface area contributed by atoms with Crippen LogP contribution >= 0.6 is 11.6 Å². The molecule has 0 fully saturated rings. The van der Waals surface area contributed by atoms with Crippen molar-refractivity contribution in [3.63, 3.8) is 0 Å². The lowest BCUT2D eigenvalue weighted by Crippen LogP contribution is -2.01. The number of hydrogen-bond donors (Lipinski definition) is 0. The van der Waals surface area contributed by atoms with Crippen molar-refractivity contribution >= 4 is 11.6 Å². The van der Waals surface area contributed by atoms with Crippen molar-refractivity contribution in [2.45, 2.75) is 19.3 Å². The van der Waals surface area contributed by atoms with Crippen molar-refractivity contribution in [1.29, 1.82) is 0 Å². The van der Waals surface area contributed by atoms with E-state index in [1.807, 2.05) is 30.5 Å². The highest BCUT2D eigenvalue weighted by Crippen LogP contribution is 2.26. The molecule has 1 aromatic heterocycles. The first-order valence-electron chi connectivity index (χ1n) is 5.47. The highest BCUT2D eigenvalue weighted by Gasteiger charge is 2.12. The van der Waals surface area contributed by atoms with Crippen LogP contribution < -0.4 is 0 Å². The molecule has 2 heteroatoms. The highest BCUT2D eigenvalue weighted by atomic mass is 35.5. The third-order valence-electron chi connectivity index (χ3n) is 2.73. The summed E-state index contributed by atoms with van der Waals surface area (Å²) in [7, 11) is 0. The van der Waals surface area contributed by atoms with Gasteiger partial charge in [0.1, 0.15) is 0 Å². The van der Waals surface area contributed by atoms with E-state index in [0.717, 1.165) is 17.1 Å². The average molecular weight is 232 g/mol. The summed E-state index contributed by atoms with van der Waals surface area (Å²) in [6.07, 6.45) is 2.88. The van der Waals surface area contributed by atoms with Crippen LogP contribution in [0.1, 0.15) is 30.5 Å². The molecule has 82 valence electrons. The summed E-state index contributed by atoms with van der Waals surface area (Å²) in [5.41, 5.74) is 2.39. The zero-order chi connectivity index (χ0) is 11.4. The van der Waals surface area contributed by atoms with Crippen molar-refractivity contribution in [2.24, 2.45) is 0 Å². The number of benzene rings is 1. The fourth-order valence-corrected chi connectivity index (χ4v) is 2.02. The summed E-state index contributed by atoms with van der Waals surface area (Å²) >= 11 is 5.89. The van der Waals surface area contributed by atoms with Crippen LogP contribution in [0.5, 0.6) is 0 Å². The number of rotatable bonds is 3. The van der Waals surface area contributed by atoms with Crippen LogP contribution in [0.25, 0.3) is 0 Å². The topological polar surface area (TPSA) is 12.9 Å². The minimum absolute atomic E-state index is 0.360. The fourth-order valence-electron chi connectivity index (χ4n) is 1.89. The number of nitrogens with zero attached hydrogens (tertiary/aromatic N) is 1. The van der Waals surface area contributed by atoms with Crippen LogP contribution in [0.3, 0.4) is 0 Å². The Morgan fingerprint density at radius 2 is 1.88 bits per heavy atom. The molecule has 2 aromatic rings. The summed E-state index contributed by atoms with van der Waals surface area (Å²) in [6, 6.07) is 14.1. The predicted octanol–water partition coefficient (Wildman–Crippen LogP) is 4.28. The highest BCUT2D eigenvalue weighted by molar-refractivity contribution is 6.30. The van der Waals surface area contributed by atoms with Gasteiger partial charge in [0.15, 0.2) is 0 Å². The summed E-state index contributed by atoms with van der Waals surface area (Å²) in [6.45, 7) is 2.17. The second-order valence-corrected chi connectivity index (χ2v) is 4.20. The van der Waals surface area contributed by atoms with E-state index in [1.165, 1.54) is 5.56 Å². The molecule has 0 aliphatic carbocycles. The Morgan fingerprint density at radius 1 is 1.12 bits per heavy atom. The van der Waals surface area contributed by atoms with Gasteiger partial charge >= 0.3 is 0 Å². The van der Waals surface area contributed by atoms with Gasteiger partial charge in [0.2, 0.25) is 0 Å². The predicted molar refractivity (Wildman–Crippen MR) is 67.8 cm³/mol. The van der Waals surface area contributed by atoms with Gasteiger partial charge in [-0.3, -0.25) is 4.98 Å². The van der Waals surface area contributed by atoms with Crippen LogP contribution in [0.2, 0.25) is 5.02 Å². The molecule has 0 saturated heterocycles. The normalized spacial score (nSPS) is 12.4. The number of aromatic nitrogens is 1. The minimum atomic E-state index is 0.360. The second-order valence-electron chi connectivity index (χ2n) is 3.77. The Hall–Kier alpha value is -1.34. The molecular formula is C14H14ClN. The van der Waals surface area contributed by atoms with Gasteiger partial charge in [0.25, 0.3) is 0 Å². The number of hydrogen-bond acceptors (Lipinski definition) is 1. The molecule has 1 nitrogen and oxygen atoms in total. The molecule has 0 bridgehead atoms. The van der Waals surface area contributed by atoms with Gasteiger partial charge < -0.3 is 0 Å². The summed E-state index contributed by atoms with van der Waals surface area (Å²) in [4.78, 5) is 4.42. The molecule has 1 atom stereocenters. The Kier molecular flexibility index (Phi) is 3.58. The van der Waals surface area contributed by atoms with Crippen LogP contribution in [-0.4, -0.2) is 4.98 Å². The molecule has 0 amide bonds. The molecule has 2 rings (SSSR count). The van der Waals surface area contributed by atoms with E-state index >= 15 is 0 Å². The Bertz CT molecular complexity index is 436. The first kappa shape index (κ1) is 11.2. The zero-order valence-electron chi connectivity index (χ0n) is 9.23. The summed E-state index contributed by atoms with van der Waals surface area (Å²) < 4.78 is 0. The van der Waals surface area contributed by atoms with E-state index in [9.17, 15) is 0 Å². The molecule has 0 spiro atoms. The maximum absolute atomic E-state index is 5.89. The second kappa shape index (κ2) is 5.13. The van der Waals surface area contributed by atoms with Crippen molar-refractivity contribution in [2.75, 3.05) is 0 Å². The molecule has 0 radical (unpaired) electrons. The summed E-state index contributed by atoms with van der Waals surface area (Å²) in [5.74, 6) is 0.360. The fraction of sp³-hybridized carbons (Fsp3) is 0.214. The molecule has 1 heterocycles. The zero-order valence-corrected chi connectivity index (χ0v) is 9.98. The lowest BCUT2D eigenvalue weighted by molar-refractivity contribution is 0.749. The monoisotopic (exact) mass is 231 g/mol. The maximum atomic E-state index is 5.89. The van der Waals surface area contributed by atoms with Gasteiger partial charge in [-0.1, -0.05) is 36.7 Å². The number of pyridine rings is 1. The summed E-state index contributed by atoms with van der Waals surface area (Å²) in [5, 5.41) is 0.777. The molecule has 0 saturated carbocycles. The van der Waals surface area contributed by atoms with Gasteiger partial charge in [-0.05, 0) is 36.2 Å². The minimum Gasteiger partial charge on any atom is -0.261 e. The van der Waals surface area contributed by atoms with Gasteiger partial charge in [-0.15, -0.1) is 0 Å². The lowest BCUT2D eigenvalue weighted by Gasteiger charge is -2.14. The average Bonchev–Trinajstić information content (AvgIpc) is 2.34. The quantitative estimate of drug-likeness (QED) is 0.769. The van der Waals surface area contributed by atoms with Crippen molar-refractivity contribution in [1.82, 2.24) is 4.98 Å². The third kappa shape index (κ3) is 2.42. The first-order valence-corrected chi connectivity index (χ1v) is 5.85. The molecule has 16 heavy (non-hydrogen) atoms. The van der Waals surface area contributed by atoms with Crippen LogP contribution in [0, 0.1) is 0 Å². The van der Waals surface area contributed by atoms with Gasteiger partial charge in [0, 0.05) is 22.8 Å². The standard InChI is InChI=1S/C14H14ClN/c1-2-13(14-5-3-4-10-16-14)11-6-8-12(15)9-7-11/h3-10,13H,2H2,1H3.